The van der Waals surface area contributed by atoms with Crippen LogP contribution in [0.15, 0.2) is 53.0 Å². The third kappa shape index (κ3) is 4.54. The number of thiocarbonyl (C=S) groups is 1. The monoisotopic (exact) mass is 364 g/mol. The lowest BCUT2D eigenvalue weighted by molar-refractivity contribution is 0.0601. The Balaban J connectivity index is 2.02. The van der Waals surface area contributed by atoms with E-state index in [2.05, 4.69) is 31.3 Å². The zero-order valence-electron chi connectivity index (χ0n) is 11.2. The summed E-state index contributed by atoms with van der Waals surface area (Å²) >= 11 is 8.61. The predicted octanol–water partition coefficient (Wildman–Crippen LogP) is 4.04. The topological polar surface area (TPSA) is 50.4 Å². The molecule has 0 saturated carbocycles. The van der Waals surface area contributed by atoms with Gasteiger partial charge in [0.15, 0.2) is 5.11 Å². The molecule has 2 N–H and O–H groups in total. The summed E-state index contributed by atoms with van der Waals surface area (Å²) in [5.74, 6) is -0.384. The van der Waals surface area contributed by atoms with Gasteiger partial charge < -0.3 is 15.4 Å². The zero-order valence-corrected chi connectivity index (χ0v) is 13.6. The fraction of sp³-hybridized carbons (Fsp3) is 0.0667. The fourth-order valence-electron chi connectivity index (χ4n) is 1.67. The molecule has 0 aliphatic carbocycles. The van der Waals surface area contributed by atoms with Gasteiger partial charge in [-0.25, -0.2) is 4.79 Å². The first-order valence-corrected chi connectivity index (χ1v) is 7.30. The second-order valence-electron chi connectivity index (χ2n) is 4.16. The van der Waals surface area contributed by atoms with E-state index >= 15 is 0 Å². The van der Waals surface area contributed by atoms with Crippen molar-refractivity contribution in [3.8, 4) is 0 Å². The summed E-state index contributed by atoms with van der Waals surface area (Å²) in [7, 11) is 1.35. The minimum absolute atomic E-state index is 0.384. The Morgan fingerprint density at radius 2 is 1.76 bits per heavy atom. The highest BCUT2D eigenvalue weighted by Gasteiger charge is 2.06. The molecule has 0 aliphatic heterocycles. The molecule has 0 saturated heterocycles. The van der Waals surface area contributed by atoms with Crippen molar-refractivity contribution in [2.75, 3.05) is 17.7 Å². The van der Waals surface area contributed by atoms with E-state index in [0.717, 1.165) is 10.2 Å². The number of methoxy groups -OCH3 is 1. The highest BCUT2D eigenvalue weighted by molar-refractivity contribution is 9.10. The van der Waals surface area contributed by atoms with Gasteiger partial charge in [-0.15, -0.1) is 0 Å². The predicted molar refractivity (Wildman–Crippen MR) is 91.8 cm³/mol. The summed E-state index contributed by atoms with van der Waals surface area (Å²) in [6.45, 7) is 0. The second-order valence-corrected chi connectivity index (χ2v) is 5.48. The Hall–Kier alpha value is -1.92. The van der Waals surface area contributed by atoms with Gasteiger partial charge in [-0.05, 0) is 54.7 Å². The molecule has 2 rings (SSSR count). The van der Waals surface area contributed by atoms with Gasteiger partial charge in [0.2, 0.25) is 0 Å². The molecule has 0 amide bonds. The third-order valence-corrected chi connectivity index (χ3v) is 3.38. The van der Waals surface area contributed by atoms with Gasteiger partial charge in [0.1, 0.15) is 0 Å². The van der Waals surface area contributed by atoms with E-state index in [-0.39, 0.29) is 5.97 Å². The van der Waals surface area contributed by atoms with Gasteiger partial charge in [-0.3, -0.25) is 0 Å². The first kappa shape index (κ1) is 15.5. The zero-order chi connectivity index (χ0) is 15.2. The molecule has 0 aromatic heterocycles. The molecule has 0 bridgehead atoms. The summed E-state index contributed by atoms with van der Waals surface area (Å²) in [5.41, 5.74) is 2.06. The lowest BCUT2D eigenvalue weighted by Gasteiger charge is -2.11. The molecule has 0 spiro atoms. The van der Waals surface area contributed by atoms with Crippen LogP contribution < -0.4 is 10.6 Å². The molecule has 0 aliphatic rings. The Bertz CT molecular complexity index is 659. The summed E-state index contributed by atoms with van der Waals surface area (Å²) < 4.78 is 5.68. The van der Waals surface area contributed by atoms with Crippen LogP contribution in [-0.4, -0.2) is 18.2 Å². The first-order chi connectivity index (χ1) is 10.1. The normalized spacial score (nSPS) is 9.81. The Kier molecular flexibility index (Phi) is 5.30. The first-order valence-electron chi connectivity index (χ1n) is 6.10. The van der Waals surface area contributed by atoms with Crippen LogP contribution >= 0.6 is 28.1 Å². The number of hydrogen-bond acceptors (Lipinski definition) is 3. The van der Waals surface area contributed by atoms with Gasteiger partial charge >= 0.3 is 5.97 Å². The van der Waals surface area contributed by atoms with Crippen molar-refractivity contribution in [1.82, 2.24) is 0 Å². The van der Waals surface area contributed by atoms with Gasteiger partial charge in [0, 0.05) is 15.8 Å². The average Bonchev–Trinajstić information content (AvgIpc) is 2.49. The maximum absolute atomic E-state index is 11.5. The third-order valence-electron chi connectivity index (χ3n) is 2.64. The molecule has 2 aromatic carbocycles. The van der Waals surface area contributed by atoms with E-state index in [1.54, 1.807) is 18.2 Å². The summed E-state index contributed by atoms with van der Waals surface area (Å²) in [6.07, 6.45) is 0. The molecule has 108 valence electrons. The second kappa shape index (κ2) is 7.19. The van der Waals surface area contributed by atoms with E-state index in [9.17, 15) is 4.79 Å². The molecular formula is C15H13BrN2O2S. The largest absolute Gasteiger partial charge is 0.465 e. The number of esters is 1. The number of anilines is 2. The van der Waals surface area contributed by atoms with Gasteiger partial charge in [0.05, 0.1) is 12.7 Å². The van der Waals surface area contributed by atoms with Crippen molar-refractivity contribution in [3.05, 3.63) is 58.6 Å². The lowest BCUT2D eigenvalue weighted by atomic mass is 10.2. The molecule has 0 heterocycles. The fourth-order valence-corrected chi connectivity index (χ4v) is 2.17. The molecule has 4 nitrogen and oxygen atoms in total. The maximum atomic E-state index is 11.5. The molecule has 0 atom stereocenters. The molecule has 2 aromatic rings. The Morgan fingerprint density at radius 3 is 2.43 bits per heavy atom. The molecule has 6 heteroatoms. The highest BCUT2D eigenvalue weighted by Crippen LogP contribution is 2.15. The number of benzene rings is 2. The van der Waals surface area contributed by atoms with Crippen LogP contribution in [-0.2, 0) is 4.74 Å². The van der Waals surface area contributed by atoms with Crippen LogP contribution in [0.5, 0.6) is 0 Å². The van der Waals surface area contributed by atoms with Gasteiger partial charge in [0.25, 0.3) is 0 Å². The van der Waals surface area contributed by atoms with Crippen LogP contribution in [0.25, 0.3) is 0 Å². The number of hydrogen-bond donors (Lipinski definition) is 2. The molecule has 0 radical (unpaired) electrons. The van der Waals surface area contributed by atoms with Crippen LogP contribution in [0.4, 0.5) is 11.4 Å². The number of ether oxygens (including phenoxy) is 1. The minimum atomic E-state index is -0.384. The van der Waals surface area contributed by atoms with Crippen molar-refractivity contribution < 1.29 is 9.53 Å². The Morgan fingerprint density at radius 1 is 1.10 bits per heavy atom. The number of halogens is 1. The van der Waals surface area contributed by atoms with Crippen molar-refractivity contribution >= 4 is 50.6 Å². The number of rotatable bonds is 3. The molecule has 0 fully saturated rings. The van der Waals surface area contributed by atoms with Crippen LogP contribution in [0.1, 0.15) is 10.4 Å². The number of carbonyl (C=O) groups excluding carboxylic acids is 1. The quantitative estimate of drug-likeness (QED) is 0.635. The highest BCUT2D eigenvalue weighted by atomic mass is 79.9. The van der Waals surface area contributed by atoms with E-state index in [4.69, 9.17) is 12.2 Å². The van der Waals surface area contributed by atoms with Gasteiger partial charge in [-0.1, -0.05) is 22.0 Å². The molecule has 0 unspecified atom stereocenters. The van der Waals surface area contributed by atoms with Crippen LogP contribution in [0.3, 0.4) is 0 Å². The summed E-state index contributed by atoms with van der Waals surface area (Å²) in [6, 6.07) is 14.6. The van der Waals surface area contributed by atoms with E-state index in [1.165, 1.54) is 7.11 Å². The van der Waals surface area contributed by atoms with E-state index < -0.39 is 0 Å². The van der Waals surface area contributed by atoms with Crippen LogP contribution in [0, 0.1) is 0 Å². The van der Waals surface area contributed by atoms with Crippen molar-refractivity contribution in [3.63, 3.8) is 0 Å². The summed E-state index contributed by atoms with van der Waals surface area (Å²) in [4.78, 5) is 11.5. The van der Waals surface area contributed by atoms with E-state index in [1.807, 2.05) is 30.3 Å². The average molecular weight is 365 g/mol. The SMILES string of the molecule is COC(=O)c1cccc(NC(=S)Nc2ccc(Br)cc2)c1. The summed E-state index contributed by atoms with van der Waals surface area (Å²) in [5, 5.41) is 6.53. The van der Waals surface area contributed by atoms with Gasteiger partial charge in [-0.2, -0.15) is 0 Å². The van der Waals surface area contributed by atoms with Crippen molar-refractivity contribution in [2.24, 2.45) is 0 Å². The molecule has 21 heavy (non-hydrogen) atoms. The van der Waals surface area contributed by atoms with Crippen molar-refractivity contribution in [1.29, 1.82) is 0 Å². The number of carbonyl (C=O) groups is 1. The maximum Gasteiger partial charge on any atom is 0.337 e. The number of nitrogens with one attached hydrogen (secondary N) is 2. The van der Waals surface area contributed by atoms with Crippen LogP contribution in [0.2, 0.25) is 0 Å². The lowest BCUT2D eigenvalue weighted by Crippen LogP contribution is -2.19. The standard InChI is InChI=1S/C15H13BrN2O2S/c1-20-14(19)10-3-2-4-13(9-10)18-15(21)17-12-7-5-11(16)6-8-12/h2-9H,1H3,(H2,17,18,21). The minimum Gasteiger partial charge on any atom is -0.465 e. The molecular weight excluding hydrogens is 352 g/mol. The smallest absolute Gasteiger partial charge is 0.337 e. The van der Waals surface area contributed by atoms with E-state index in [0.29, 0.717) is 16.4 Å². The van der Waals surface area contributed by atoms with Crippen molar-refractivity contribution in [2.45, 2.75) is 0 Å². The Labute approximate surface area is 136 Å².